The Labute approximate surface area is 182 Å². The first-order valence-corrected chi connectivity index (χ1v) is 9.99. The highest BCUT2D eigenvalue weighted by atomic mass is 16.5. The summed E-state index contributed by atoms with van der Waals surface area (Å²) < 4.78 is 11.8. The van der Waals surface area contributed by atoms with Gasteiger partial charge in [-0.1, -0.05) is 29.8 Å². The van der Waals surface area contributed by atoms with Crippen LogP contribution in [-0.2, 0) is 6.42 Å². The highest BCUT2D eigenvalue weighted by molar-refractivity contribution is 6.06. The molecule has 3 N–H and O–H groups in total. The van der Waals surface area contributed by atoms with Crippen LogP contribution in [0.4, 0.5) is 0 Å². The van der Waals surface area contributed by atoms with E-state index in [2.05, 4.69) is 10.3 Å². The van der Waals surface area contributed by atoms with Gasteiger partial charge in [-0.15, -0.1) is 0 Å². The lowest BCUT2D eigenvalue weighted by molar-refractivity contribution is 0.0921. The van der Waals surface area contributed by atoms with Crippen molar-refractivity contribution in [3.63, 3.8) is 0 Å². The summed E-state index contributed by atoms with van der Waals surface area (Å²) in [5.74, 6) is 0.380. The summed E-state index contributed by atoms with van der Waals surface area (Å²) in [4.78, 5) is 29.1. The summed E-state index contributed by atoms with van der Waals surface area (Å²) in [5, 5.41) is 2.78. The van der Waals surface area contributed by atoms with Crippen LogP contribution in [0.15, 0.2) is 53.7 Å². The number of aliphatic imine (C=N–C) groups is 1. The zero-order valence-electron chi connectivity index (χ0n) is 18.2. The van der Waals surface area contributed by atoms with Crippen molar-refractivity contribution in [1.82, 2.24) is 5.32 Å². The minimum absolute atomic E-state index is 0.0677. The van der Waals surface area contributed by atoms with Gasteiger partial charge in [-0.3, -0.25) is 9.59 Å². The van der Waals surface area contributed by atoms with Crippen molar-refractivity contribution >= 4 is 17.5 Å². The summed E-state index contributed by atoms with van der Waals surface area (Å²) in [6.45, 7) is 5.72. The van der Waals surface area contributed by atoms with Crippen LogP contribution in [0.2, 0.25) is 0 Å². The highest BCUT2D eigenvalue weighted by Gasteiger charge is 2.34. The predicted molar refractivity (Wildman–Crippen MR) is 120 cm³/mol. The second kappa shape index (κ2) is 9.04. The fourth-order valence-corrected chi connectivity index (χ4v) is 3.25. The van der Waals surface area contributed by atoms with Gasteiger partial charge in [0, 0.05) is 30.2 Å². The lowest BCUT2D eigenvalue weighted by Crippen LogP contribution is -2.24. The molecule has 0 saturated heterocycles. The Kier molecular flexibility index (Phi) is 6.44. The average Bonchev–Trinajstić information content (AvgIpc) is 3.04. The fourth-order valence-electron chi connectivity index (χ4n) is 3.25. The van der Waals surface area contributed by atoms with E-state index in [4.69, 9.17) is 15.2 Å². The average molecular weight is 421 g/mol. The number of nitrogens with zero attached hydrogens (tertiary/aromatic N) is 1. The number of nitrogens with two attached hydrogens (primary N) is 1. The monoisotopic (exact) mass is 421 g/mol. The summed E-state index contributed by atoms with van der Waals surface area (Å²) >= 11 is 0. The van der Waals surface area contributed by atoms with E-state index in [-0.39, 0.29) is 23.8 Å². The van der Waals surface area contributed by atoms with E-state index in [1.54, 1.807) is 37.5 Å². The maximum atomic E-state index is 12.6. The van der Waals surface area contributed by atoms with E-state index in [0.717, 1.165) is 11.1 Å². The smallest absolute Gasteiger partial charge is 0.279 e. The molecule has 0 radical (unpaired) electrons. The van der Waals surface area contributed by atoms with Gasteiger partial charge in [0.25, 0.3) is 5.91 Å². The first-order valence-electron chi connectivity index (χ1n) is 9.99. The summed E-state index contributed by atoms with van der Waals surface area (Å²) in [7, 11) is 1.71. The molecule has 1 amide bonds. The van der Waals surface area contributed by atoms with Gasteiger partial charge in [-0.2, -0.15) is 4.99 Å². The Morgan fingerprint density at radius 1 is 1.23 bits per heavy atom. The normalized spacial score (nSPS) is 14.8. The van der Waals surface area contributed by atoms with Crippen LogP contribution in [0.5, 0.6) is 11.5 Å². The number of carbonyl (C=O) groups excluding carboxylic acids is 2. The Morgan fingerprint density at radius 2 is 1.94 bits per heavy atom. The van der Waals surface area contributed by atoms with Crippen LogP contribution < -0.4 is 20.5 Å². The van der Waals surface area contributed by atoms with Crippen molar-refractivity contribution in [2.45, 2.75) is 32.8 Å². The number of nitrogens with one attached hydrogen (secondary N) is 1. The SMILES string of the molecule is CN/C=C\C(N)=NC(=O)c1cc(OCC(=O)c2ccc(C)cc2)c2c(c1)OC(C)(C)C2. The number of amides is 1. The van der Waals surface area contributed by atoms with Crippen LogP contribution in [0.25, 0.3) is 0 Å². The van der Waals surface area contributed by atoms with Crippen molar-refractivity contribution in [3.8, 4) is 11.5 Å². The maximum Gasteiger partial charge on any atom is 0.279 e. The summed E-state index contributed by atoms with van der Waals surface area (Å²) in [6.07, 6.45) is 3.66. The third kappa shape index (κ3) is 5.51. The van der Waals surface area contributed by atoms with Crippen LogP contribution in [-0.4, -0.2) is 36.8 Å². The Hall–Kier alpha value is -3.61. The minimum atomic E-state index is -0.524. The van der Waals surface area contributed by atoms with Gasteiger partial charge in [0.15, 0.2) is 12.4 Å². The van der Waals surface area contributed by atoms with Crippen molar-refractivity contribution < 1.29 is 19.1 Å². The van der Waals surface area contributed by atoms with E-state index in [9.17, 15) is 9.59 Å². The number of hydrogen-bond donors (Lipinski definition) is 2. The zero-order chi connectivity index (χ0) is 22.6. The third-order valence-electron chi connectivity index (χ3n) is 4.79. The molecule has 162 valence electrons. The van der Waals surface area contributed by atoms with E-state index >= 15 is 0 Å². The molecule has 1 aliphatic heterocycles. The number of aryl methyl sites for hydroxylation is 1. The molecule has 7 heteroatoms. The largest absolute Gasteiger partial charge is 0.487 e. The van der Waals surface area contributed by atoms with Crippen molar-refractivity contribution in [2.75, 3.05) is 13.7 Å². The van der Waals surface area contributed by atoms with Crippen LogP contribution in [0.3, 0.4) is 0 Å². The van der Waals surface area contributed by atoms with Gasteiger partial charge in [-0.05, 0) is 45.2 Å². The molecule has 2 aromatic rings. The number of rotatable bonds is 7. The molecule has 0 aliphatic carbocycles. The number of Topliss-reactive ketones (excluding diaryl/α,β-unsaturated/α-hetero) is 1. The Bertz CT molecular complexity index is 1050. The number of fused-ring (bicyclic) bond motifs is 1. The van der Waals surface area contributed by atoms with E-state index in [0.29, 0.717) is 23.5 Å². The molecule has 31 heavy (non-hydrogen) atoms. The van der Waals surface area contributed by atoms with Gasteiger partial charge in [0.1, 0.15) is 22.9 Å². The van der Waals surface area contributed by atoms with Crippen LogP contribution in [0.1, 0.15) is 45.7 Å². The molecular formula is C24H27N3O4. The third-order valence-corrected chi connectivity index (χ3v) is 4.79. The molecule has 7 nitrogen and oxygen atoms in total. The highest BCUT2D eigenvalue weighted by Crippen LogP contribution is 2.41. The molecule has 0 bridgehead atoms. The molecule has 1 heterocycles. The van der Waals surface area contributed by atoms with Gasteiger partial charge in [0.05, 0.1) is 0 Å². The molecule has 0 unspecified atom stereocenters. The molecule has 0 aromatic heterocycles. The van der Waals surface area contributed by atoms with Crippen molar-refractivity contribution in [1.29, 1.82) is 0 Å². The van der Waals surface area contributed by atoms with E-state index < -0.39 is 11.5 Å². The number of benzene rings is 2. The zero-order valence-corrected chi connectivity index (χ0v) is 18.2. The van der Waals surface area contributed by atoms with E-state index in [1.807, 2.05) is 32.9 Å². The molecule has 0 atom stereocenters. The van der Waals surface area contributed by atoms with Gasteiger partial charge in [0.2, 0.25) is 0 Å². The number of hydrogen-bond acceptors (Lipinski definition) is 5. The lowest BCUT2D eigenvalue weighted by atomic mass is 9.99. The first kappa shape index (κ1) is 22.1. The van der Waals surface area contributed by atoms with E-state index in [1.165, 1.54) is 6.08 Å². The first-order chi connectivity index (χ1) is 14.7. The standard InChI is InChI=1S/C24H27N3O4/c1-15-5-7-16(8-6-15)19(28)14-30-20-11-17(23(29)27-22(25)9-10-26-4)12-21-18(20)13-24(2,3)31-21/h5-12,26H,13-14H2,1-4H3,(H2,25,27,29)/b10-9-. The Morgan fingerprint density at radius 3 is 2.61 bits per heavy atom. The molecule has 0 saturated carbocycles. The molecule has 1 aliphatic rings. The summed E-state index contributed by atoms with van der Waals surface area (Å²) in [6, 6.07) is 10.5. The fraction of sp³-hybridized carbons (Fsp3) is 0.292. The second-order valence-electron chi connectivity index (χ2n) is 8.03. The Balaban J connectivity index is 1.86. The molecule has 3 rings (SSSR count). The molecule has 2 aromatic carbocycles. The number of amidine groups is 1. The van der Waals surface area contributed by atoms with Crippen LogP contribution >= 0.6 is 0 Å². The van der Waals surface area contributed by atoms with Gasteiger partial charge >= 0.3 is 0 Å². The maximum absolute atomic E-state index is 12.6. The van der Waals surface area contributed by atoms with Crippen molar-refractivity contribution in [3.05, 3.63) is 70.9 Å². The predicted octanol–water partition coefficient (Wildman–Crippen LogP) is 3.20. The quantitative estimate of drug-likeness (QED) is 0.404. The van der Waals surface area contributed by atoms with Gasteiger partial charge < -0.3 is 20.5 Å². The summed E-state index contributed by atoms with van der Waals surface area (Å²) in [5.41, 5.74) is 8.06. The molecular weight excluding hydrogens is 394 g/mol. The van der Waals surface area contributed by atoms with Crippen LogP contribution in [0, 0.1) is 6.92 Å². The topological polar surface area (TPSA) is 103 Å². The van der Waals surface area contributed by atoms with Gasteiger partial charge in [-0.25, -0.2) is 0 Å². The minimum Gasteiger partial charge on any atom is -0.487 e. The second-order valence-corrected chi connectivity index (χ2v) is 8.03. The van der Waals surface area contributed by atoms with Crippen molar-refractivity contribution in [2.24, 2.45) is 10.7 Å². The molecule has 0 spiro atoms. The number of ether oxygens (including phenoxy) is 2. The number of ketones is 1. The number of carbonyl (C=O) groups is 2. The lowest BCUT2D eigenvalue weighted by Gasteiger charge is -2.16. The molecule has 0 fully saturated rings.